The van der Waals surface area contributed by atoms with Gasteiger partial charge in [0.2, 0.25) is 0 Å². The lowest BCUT2D eigenvalue weighted by Gasteiger charge is -2.21. The fourth-order valence-corrected chi connectivity index (χ4v) is 5.43. The van der Waals surface area contributed by atoms with E-state index >= 15 is 0 Å². The Balaban J connectivity index is 1.72. The summed E-state index contributed by atoms with van der Waals surface area (Å²) in [6.45, 7) is 0. The first-order valence-corrected chi connectivity index (χ1v) is 11.8. The van der Waals surface area contributed by atoms with Crippen molar-refractivity contribution in [3.63, 3.8) is 0 Å². The first-order valence-electron chi connectivity index (χ1n) is 11.5. The van der Waals surface area contributed by atoms with Crippen molar-refractivity contribution in [1.29, 1.82) is 0 Å². The Bertz CT molecular complexity index is 1630. The quantitative estimate of drug-likeness (QED) is 0.310. The molecule has 0 N–H and O–H groups in total. The summed E-state index contributed by atoms with van der Waals surface area (Å²) in [4.78, 5) is 17.3. The highest BCUT2D eigenvalue weighted by molar-refractivity contribution is 6.31. The summed E-state index contributed by atoms with van der Waals surface area (Å²) >= 11 is 6.65. The third-order valence-electron chi connectivity index (χ3n) is 7.08. The molecule has 0 unspecified atom stereocenters. The lowest BCUT2D eigenvalue weighted by Crippen LogP contribution is -2.16. The molecular weight excluding hydrogens is 442 g/mol. The van der Waals surface area contributed by atoms with Gasteiger partial charge in [-0.05, 0) is 64.4 Å². The Kier molecular flexibility index (Phi) is 4.93. The number of rotatable bonds is 1. The van der Waals surface area contributed by atoms with Crippen LogP contribution in [0.1, 0.15) is 33.9 Å². The van der Waals surface area contributed by atoms with Gasteiger partial charge in [-0.15, -0.1) is 0 Å². The van der Waals surface area contributed by atoms with Crippen molar-refractivity contribution in [3.8, 4) is 11.1 Å². The van der Waals surface area contributed by atoms with Gasteiger partial charge in [0.15, 0.2) is 0 Å². The number of pyridine rings is 1. The number of nitrogens with zero attached hydrogens (tertiary/aromatic N) is 3. The minimum absolute atomic E-state index is 0.00779. The summed E-state index contributed by atoms with van der Waals surface area (Å²) in [6, 6.07) is 23.1. The molecule has 0 aliphatic heterocycles. The molecule has 0 fully saturated rings. The second kappa shape index (κ2) is 8.00. The SMILES string of the molecule is Cn1cncc1[C@H]1c2ccc(Cl)c(c2)CCc2cccc(c2)-c2cc(=O)n(C)c3ccc1cc23. The minimum atomic E-state index is -0.0122. The van der Waals surface area contributed by atoms with E-state index in [2.05, 4.69) is 64.1 Å². The van der Waals surface area contributed by atoms with Gasteiger partial charge in [-0.25, -0.2) is 4.98 Å². The monoisotopic (exact) mass is 465 g/mol. The summed E-state index contributed by atoms with van der Waals surface area (Å²) in [5, 5.41) is 1.86. The third kappa shape index (κ3) is 3.37. The molecule has 168 valence electrons. The molecule has 0 saturated heterocycles. The molecule has 34 heavy (non-hydrogen) atoms. The average molecular weight is 466 g/mol. The van der Waals surface area contributed by atoms with Gasteiger partial charge in [-0.1, -0.05) is 54.1 Å². The van der Waals surface area contributed by atoms with Crippen LogP contribution in [0.3, 0.4) is 0 Å². The maximum Gasteiger partial charge on any atom is 0.251 e. The van der Waals surface area contributed by atoms with Gasteiger partial charge < -0.3 is 9.13 Å². The highest BCUT2D eigenvalue weighted by atomic mass is 35.5. The molecule has 0 spiro atoms. The van der Waals surface area contributed by atoms with Crippen molar-refractivity contribution < 1.29 is 0 Å². The Morgan fingerprint density at radius 3 is 2.59 bits per heavy atom. The molecule has 5 heteroatoms. The highest BCUT2D eigenvalue weighted by Crippen LogP contribution is 2.37. The van der Waals surface area contributed by atoms with Crippen LogP contribution in [0.4, 0.5) is 0 Å². The van der Waals surface area contributed by atoms with E-state index in [9.17, 15) is 4.79 Å². The fraction of sp³-hybridized carbons (Fsp3) is 0.172. The maximum absolute atomic E-state index is 12.9. The molecule has 3 aromatic carbocycles. The Morgan fingerprint density at radius 1 is 0.941 bits per heavy atom. The normalized spacial score (nSPS) is 15.1. The average Bonchev–Trinajstić information content (AvgIpc) is 3.26. The zero-order valence-corrected chi connectivity index (χ0v) is 19.9. The van der Waals surface area contributed by atoms with E-state index in [1.165, 1.54) is 11.1 Å². The van der Waals surface area contributed by atoms with Gasteiger partial charge in [-0.3, -0.25) is 4.79 Å². The largest absolute Gasteiger partial charge is 0.337 e. The van der Waals surface area contributed by atoms with E-state index in [0.717, 1.165) is 56.7 Å². The van der Waals surface area contributed by atoms with Crippen LogP contribution < -0.4 is 5.56 Å². The lowest BCUT2D eigenvalue weighted by atomic mass is 9.86. The predicted octanol–water partition coefficient (Wildman–Crippen LogP) is 5.87. The van der Waals surface area contributed by atoms with Gasteiger partial charge in [0.05, 0.1) is 17.8 Å². The van der Waals surface area contributed by atoms with Gasteiger partial charge >= 0.3 is 0 Å². The van der Waals surface area contributed by atoms with Crippen molar-refractivity contribution in [1.82, 2.24) is 14.1 Å². The number of halogens is 1. The Labute approximate surface area is 203 Å². The Hall–Kier alpha value is -3.63. The van der Waals surface area contributed by atoms with Crippen molar-refractivity contribution in [3.05, 3.63) is 123 Å². The van der Waals surface area contributed by atoms with E-state index in [-0.39, 0.29) is 11.5 Å². The van der Waals surface area contributed by atoms with Crippen LogP contribution in [0.25, 0.3) is 22.0 Å². The van der Waals surface area contributed by atoms with Crippen LogP contribution in [0.2, 0.25) is 5.02 Å². The molecule has 1 aliphatic rings. The zero-order valence-electron chi connectivity index (χ0n) is 19.1. The van der Waals surface area contributed by atoms with Crippen LogP contribution in [0.5, 0.6) is 0 Å². The van der Waals surface area contributed by atoms with E-state index < -0.39 is 0 Å². The molecule has 6 bridgehead atoms. The summed E-state index contributed by atoms with van der Waals surface area (Å²) in [5.74, 6) is -0.0122. The number of benzene rings is 3. The molecule has 2 aromatic heterocycles. The summed E-state index contributed by atoms with van der Waals surface area (Å²) in [6.07, 6.45) is 5.50. The standard InChI is InChI=1S/C29H24ClN3O/c1-32-17-31-16-27(32)29-21-8-10-25(30)20(13-21)7-6-18-4-3-5-19(12-18)23-15-28(34)33(2)26-11-9-22(29)14-24(23)26/h3-5,8-17,29H,6-7H2,1-2H3/t29-/m0/s1. The zero-order chi connectivity index (χ0) is 23.4. The molecule has 1 aliphatic carbocycles. The topological polar surface area (TPSA) is 39.8 Å². The second-order valence-electron chi connectivity index (χ2n) is 9.15. The fourth-order valence-electron chi connectivity index (χ4n) is 5.22. The summed E-state index contributed by atoms with van der Waals surface area (Å²) in [5.41, 5.74) is 8.75. The molecule has 0 saturated carbocycles. The first kappa shape index (κ1) is 20.9. The van der Waals surface area contributed by atoms with E-state index in [1.54, 1.807) is 10.6 Å². The third-order valence-corrected chi connectivity index (χ3v) is 7.45. The molecule has 0 radical (unpaired) electrons. The van der Waals surface area contributed by atoms with Crippen LogP contribution in [0, 0.1) is 0 Å². The van der Waals surface area contributed by atoms with Crippen LogP contribution in [-0.4, -0.2) is 14.1 Å². The molecule has 0 amide bonds. The van der Waals surface area contributed by atoms with Crippen molar-refractivity contribution in [2.45, 2.75) is 18.8 Å². The van der Waals surface area contributed by atoms with Crippen molar-refractivity contribution in [2.24, 2.45) is 14.1 Å². The molecule has 6 rings (SSSR count). The molecule has 2 heterocycles. The van der Waals surface area contributed by atoms with Crippen LogP contribution in [-0.2, 0) is 26.9 Å². The number of aromatic nitrogens is 3. The summed E-state index contributed by atoms with van der Waals surface area (Å²) < 4.78 is 3.80. The number of aryl methyl sites for hydroxylation is 4. The molecular formula is C29H24ClN3O. The van der Waals surface area contributed by atoms with Crippen LogP contribution >= 0.6 is 11.6 Å². The number of hydrogen-bond acceptors (Lipinski definition) is 2. The molecule has 4 nitrogen and oxygen atoms in total. The smallest absolute Gasteiger partial charge is 0.251 e. The van der Waals surface area contributed by atoms with Gasteiger partial charge in [-0.2, -0.15) is 0 Å². The Morgan fingerprint density at radius 2 is 1.76 bits per heavy atom. The van der Waals surface area contributed by atoms with Crippen molar-refractivity contribution >= 4 is 22.5 Å². The van der Waals surface area contributed by atoms with E-state index in [1.807, 2.05) is 32.7 Å². The lowest BCUT2D eigenvalue weighted by molar-refractivity contribution is 0.791. The predicted molar refractivity (Wildman–Crippen MR) is 138 cm³/mol. The van der Waals surface area contributed by atoms with Gasteiger partial charge in [0.25, 0.3) is 5.56 Å². The molecule has 1 atom stereocenters. The van der Waals surface area contributed by atoms with Gasteiger partial charge in [0.1, 0.15) is 0 Å². The van der Waals surface area contributed by atoms with Gasteiger partial charge in [0, 0.05) is 42.5 Å². The van der Waals surface area contributed by atoms with Crippen molar-refractivity contribution in [2.75, 3.05) is 0 Å². The highest BCUT2D eigenvalue weighted by Gasteiger charge is 2.23. The minimum Gasteiger partial charge on any atom is -0.337 e. The first-order chi connectivity index (χ1) is 16.5. The number of hydrogen-bond donors (Lipinski definition) is 0. The van der Waals surface area contributed by atoms with E-state index in [0.29, 0.717) is 0 Å². The molecule has 5 aromatic rings. The number of imidazole rings is 1. The van der Waals surface area contributed by atoms with Crippen LogP contribution in [0.15, 0.2) is 84.0 Å². The second-order valence-corrected chi connectivity index (χ2v) is 9.55. The van der Waals surface area contributed by atoms with E-state index in [4.69, 9.17) is 11.6 Å². The maximum atomic E-state index is 12.9. The number of fused-ring (bicyclic) bond motifs is 6. The summed E-state index contributed by atoms with van der Waals surface area (Å²) in [7, 11) is 3.87.